The molecule has 1 aromatic carbocycles. The number of hydrogen-bond donors (Lipinski definition) is 1. The van der Waals surface area contributed by atoms with Crippen LogP contribution in [0.25, 0.3) is 11.1 Å². The number of benzene rings is 1. The Labute approximate surface area is 111 Å². The molecule has 0 bridgehead atoms. The molecule has 4 nitrogen and oxygen atoms in total. The molecule has 0 spiro atoms. The van der Waals surface area contributed by atoms with Crippen molar-refractivity contribution in [2.24, 2.45) is 0 Å². The van der Waals surface area contributed by atoms with Gasteiger partial charge in [-0.2, -0.15) is 0 Å². The first-order chi connectivity index (χ1) is 9.20. The molecule has 0 radical (unpaired) electrons. The van der Waals surface area contributed by atoms with Gasteiger partial charge in [0.2, 0.25) is 0 Å². The fourth-order valence-electron chi connectivity index (χ4n) is 2.15. The molecular weight excluding hydrogens is 242 g/mol. The van der Waals surface area contributed by atoms with Crippen molar-refractivity contribution < 1.29 is 9.21 Å². The van der Waals surface area contributed by atoms with Crippen molar-refractivity contribution in [2.45, 2.75) is 45.4 Å². The minimum absolute atomic E-state index is 0.113. The number of fused-ring (bicyclic) bond motifs is 1. The van der Waals surface area contributed by atoms with Gasteiger partial charge >= 0.3 is 5.76 Å². The summed E-state index contributed by atoms with van der Waals surface area (Å²) in [5.41, 5.74) is 1.69. The molecule has 0 fully saturated rings. The zero-order chi connectivity index (χ0) is 13.7. The van der Waals surface area contributed by atoms with Gasteiger partial charge in [0.25, 0.3) is 0 Å². The summed E-state index contributed by atoms with van der Waals surface area (Å²) in [5.74, 6) is -0.374. The van der Waals surface area contributed by atoms with E-state index in [2.05, 4.69) is 11.9 Å². The predicted molar refractivity (Wildman–Crippen MR) is 74.5 cm³/mol. The van der Waals surface area contributed by atoms with E-state index in [1.807, 2.05) is 0 Å². The number of oxazole rings is 1. The largest absolute Gasteiger partial charge is 0.417 e. The van der Waals surface area contributed by atoms with Crippen molar-refractivity contribution in [3.8, 4) is 0 Å². The van der Waals surface area contributed by atoms with Crippen LogP contribution in [0.4, 0.5) is 0 Å². The summed E-state index contributed by atoms with van der Waals surface area (Å²) in [7, 11) is 0. The highest BCUT2D eigenvalue weighted by atomic mass is 16.4. The van der Waals surface area contributed by atoms with Crippen LogP contribution in [-0.4, -0.2) is 10.8 Å². The number of H-pyrrole nitrogens is 1. The molecule has 1 aromatic heterocycles. The molecule has 4 heteroatoms. The maximum Gasteiger partial charge on any atom is 0.417 e. The number of aromatic amines is 1. The summed E-state index contributed by atoms with van der Waals surface area (Å²) in [5, 5.41) is 0. The molecule has 0 saturated heterocycles. The van der Waals surface area contributed by atoms with E-state index < -0.39 is 5.76 Å². The van der Waals surface area contributed by atoms with Crippen molar-refractivity contribution in [3.63, 3.8) is 0 Å². The van der Waals surface area contributed by atoms with E-state index in [0.29, 0.717) is 23.1 Å². The quantitative estimate of drug-likeness (QED) is 0.611. The van der Waals surface area contributed by atoms with Crippen LogP contribution in [-0.2, 0) is 0 Å². The predicted octanol–water partition coefficient (Wildman–Crippen LogP) is 3.66. The molecular formula is C15H19NO3. The van der Waals surface area contributed by atoms with Gasteiger partial charge in [0, 0.05) is 12.0 Å². The number of aromatic nitrogens is 1. The summed E-state index contributed by atoms with van der Waals surface area (Å²) in [6, 6.07) is 5.09. The van der Waals surface area contributed by atoms with Crippen molar-refractivity contribution in [1.29, 1.82) is 0 Å². The number of rotatable bonds is 7. The van der Waals surface area contributed by atoms with Gasteiger partial charge in [-0.25, -0.2) is 4.79 Å². The van der Waals surface area contributed by atoms with Crippen molar-refractivity contribution in [1.82, 2.24) is 4.98 Å². The van der Waals surface area contributed by atoms with Crippen LogP contribution in [0.1, 0.15) is 55.8 Å². The Balaban J connectivity index is 1.95. The van der Waals surface area contributed by atoms with Gasteiger partial charge in [-0.05, 0) is 24.6 Å². The molecule has 2 aromatic rings. The summed E-state index contributed by atoms with van der Waals surface area (Å²) in [6.07, 6.45) is 6.21. The maximum atomic E-state index is 12.0. The normalized spacial score (nSPS) is 11.0. The van der Waals surface area contributed by atoms with Crippen LogP contribution in [0.2, 0.25) is 0 Å². The zero-order valence-corrected chi connectivity index (χ0v) is 11.2. The standard InChI is InChI=1S/C15H19NO3/c1-2-3-4-5-6-7-13(17)11-8-9-12-14(10-11)19-15(18)16-12/h8-10H,2-7H2,1H3,(H,16,18). The first-order valence-electron chi connectivity index (χ1n) is 6.87. The average Bonchev–Trinajstić information content (AvgIpc) is 2.77. The van der Waals surface area contributed by atoms with E-state index in [-0.39, 0.29) is 5.78 Å². The number of nitrogens with one attached hydrogen (secondary N) is 1. The molecule has 0 atom stereocenters. The molecule has 0 aliphatic heterocycles. The molecule has 1 heterocycles. The summed E-state index contributed by atoms with van der Waals surface area (Å²) in [6.45, 7) is 2.17. The minimum atomic E-state index is -0.487. The molecule has 0 aliphatic carbocycles. The SMILES string of the molecule is CCCCCCCC(=O)c1ccc2[nH]c(=O)oc2c1. The Kier molecular flexibility index (Phi) is 4.55. The molecule has 1 N–H and O–H groups in total. The second-order valence-electron chi connectivity index (χ2n) is 4.81. The van der Waals surface area contributed by atoms with Gasteiger partial charge in [-0.15, -0.1) is 0 Å². The van der Waals surface area contributed by atoms with Gasteiger partial charge < -0.3 is 4.42 Å². The zero-order valence-electron chi connectivity index (χ0n) is 11.2. The van der Waals surface area contributed by atoms with E-state index in [1.54, 1.807) is 18.2 Å². The van der Waals surface area contributed by atoms with Crippen LogP contribution >= 0.6 is 0 Å². The monoisotopic (exact) mass is 261 g/mol. The average molecular weight is 261 g/mol. The fraction of sp³-hybridized carbons (Fsp3) is 0.467. The van der Waals surface area contributed by atoms with Crippen LogP contribution in [0.5, 0.6) is 0 Å². The third-order valence-corrected chi connectivity index (χ3v) is 3.25. The van der Waals surface area contributed by atoms with E-state index in [1.165, 1.54) is 19.3 Å². The summed E-state index contributed by atoms with van der Waals surface area (Å²) < 4.78 is 4.95. The second-order valence-corrected chi connectivity index (χ2v) is 4.81. The van der Waals surface area contributed by atoms with Crippen LogP contribution in [0.15, 0.2) is 27.4 Å². The van der Waals surface area contributed by atoms with Gasteiger partial charge in [-0.3, -0.25) is 9.78 Å². The van der Waals surface area contributed by atoms with E-state index in [9.17, 15) is 9.59 Å². The molecule has 2 rings (SSSR count). The topological polar surface area (TPSA) is 63.1 Å². The molecule has 19 heavy (non-hydrogen) atoms. The number of hydrogen-bond acceptors (Lipinski definition) is 3. The van der Waals surface area contributed by atoms with E-state index in [4.69, 9.17) is 4.42 Å². The first-order valence-corrected chi connectivity index (χ1v) is 6.87. The Hall–Kier alpha value is -1.84. The Morgan fingerprint density at radius 3 is 2.79 bits per heavy atom. The lowest BCUT2D eigenvalue weighted by Crippen LogP contribution is -1.98. The van der Waals surface area contributed by atoms with Gasteiger partial charge in [-0.1, -0.05) is 32.6 Å². The molecule has 0 unspecified atom stereocenters. The molecule has 0 amide bonds. The maximum absolute atomic E-state index is 12.0. The molecule has 0 saturated carbocycles. The van der Waals surface area contributed by atoms with Gasteiger partial charge in [0.15, 0.2) is 11.4 Å². The number of carbonyl (C=O) groups excluding carboxylic acids is 1. The summed E-state index contributed by atoms with van der Waals surface area (Å²) in [4.78, 5) is 25.6. The number of Topliss-reactive ketones (excluding diaryl/α,β-unsaturated/α-hetero) is 1. The highest BCUT2D eigenvalue weighted by molar-refractivity contribution is 5.98. The Bertz CT molecular complexity index is 609. The smallest absolute Gasteiger partial charge is 0.408 e. The lowest BCUT2D eigenvalue weighted by molar-refractivity contribution is 0.0979. The van der Waals surface area contributed by atoms with E-state index >= 15 is 0 Å². The van der Waals surface area contributed by atoms with Crippen molar-refractivity contribution in [2.75, 3.05) is 0 Å². The minimum Gasteiger partial charge on any atom is -0.408 e. The van der Waals surface area contributed by atoms with Gasteiger partial charge in [0.05, 0.1) is 5.52 Å². The lowest BCUT2D eigenvalue weighted by Gasteiger charge is -2.01. The highest BCUT2D eigenvalue weighted by Crippen LogP contribution is 2.15. The Morgan fingerprint density at radius 2 is 2.00 bits per heavy atom. The fourth-order valence-corrected chi connectivity index (χ4v) is 2.15. The third kappa shape index (κ3) is 3.56. The van der Waals surface area contributed by atoms with Crippen LogP contribution < -0.4 is 5.76 Å². The van der Waals surface area contributed by atoms with Crippen molar-refractivity contribution >= 4 is 16.9 Å². The van der Waals surface area contributed by atoms with Crippen LogP contribution in [0.3, 0.4) is 0 Å². The third-order valence-electron chi connectivity index (χ3n) is 3.25. The first kappa shape index (κ1) is 13.6. The van der Waals surface area contributed by atoms with Gasteiger partial charge in [0.1, 0.15) is 0 Å². The van der Waals surface area contributed by atoms with Crippen LogP contribution in [0, 0.1) is 0 Å². The summed E-state index contributed by atoms with van der Waals surface area (Å²) >= 11 is 0. The van der Waals surface area contributed by atoms with E-state index in [0.717, 1.165) is 12.8 Å². The molecule has 0 aliphatic rings. The molecule has 102 valence electrons. The number of unbranched alkanes of at least 4 members (excludes halogenated alkanes) is 4. The Morgan fingerprint density at radius 1 is 1.21 bits per heavy atom. The number of carbonyl (C=O) groups is 1. The van der Waals surface area contributed by atoms with Crippen molar-refractivity contribution in [3.05, 3.63) is 34.3 Å². The number of ketones is 1. The highest BCUT2D eigenvalue weighted by Gasteiger charge is 2.08. The second kappa shape index (κ2) is 6.36. The lowest BCUT2D eigenvalue weighted by atomic mass is 10.0.